The first kappa shape index (κ1) is 22.7. The molecule has 0 spiro atoms. The molecule has 31 heavy (non-hydrogen) atoms. The van der Waals surface area contributed by atoms with Gasteiger partial charge in [0.05, 0.1) is 18.4 Å². The molecule has 0 aliphatic rings. The van der Waals surface area contributed by atoms with Crippen molar-refractivity contribution >= 4 is 40.9 Å². The first-order chi connectivity index (χ1) is 15.0. The highest BCUT2D eigenvalue weighted by molar-refractivity contribution is 8.00. The number of ether oxygens (including phenoxy) is 1. The van der Waals surface area contributed by atoms with Crippen LogP contribution in [0.4, 0.5) is 5.69 Å². The maximum atomic E-state index is 13.0. The predicted molar refractivity (Wildman–Crippen MR) is 126 cm³/mol. The second-order valence-corrected chi connectivity index (χ2v) is 8.31. The standard InChI is InChI=1S/C24H23ClN2O3S/c1-27(15-17-10-12-18(25)13-11-17)24(29)21-8-3-4-9-22(21)31-16-23(28)26-19-6-5-7-20(14-19)30-2/h3-14H,15-16H2,1-2H3,(H,26,28). The van der Waals surface area contributed by atoms with Crippen molar-refractivity contribution in [3.63, 3.8) is 0 Å². The number of amides is 2. The number of hydrogen-bond acceptors (Lipinski definition) is 4. The normalized spacial score (nSPS) is 10.4. The van der Waals surface area contributed by atoms with E-state index < -0.39 is 0 Å². The summed E-state index contributed by atoms with van der Waals surface area (Å²) in [6.45, 7) is 0.464. The highest BCUT2D eigenvalue weighted by Crippen LogP contribution is 2.25. The van der Waals surface area contributed by atoms with Crippen molar-refractivity contribution in [1.82, 2.24) is 4.90 Å². The van der Waals surface area contributed by atoms with Gasteiger partial charge < -0.3 is 15.0 Å². The van der Waals surface area contributed by atoms with Crippen LogP contribution in [0.25, 0.3) is 0 Å². The van der Waals surface area contributed by atoms with Gasteiger partial charge in [-0.15, -0.1) is 11.8 Å². The highest BCUT2D eigenvalue weighted by Gasteiger charge is 2.17. The Morgan fingerprint density at radius 1 is 1.03 bits per heavy atom. The Bertz CT molecular complexity index is 1060. The van der Waals surface area contributed by atoms with E-state index >= 15 is 0 Å². The van der Waals surface area contributed by atoms with E-state index in [2.05, 4.69) is 5.32 Å². The van der Waals surface area contributed by atoms with Gasteiger partial charge in [0.1, 0.15) is 5.75 Å². The lowest BCUT2D eigenvalue weighted by molar-refractivity contribution is -0.113. The topological polar surface area (TPSA) is 58.6 Å². The number of anilines is 1. The van der Waals surface area contributed by atoms with Gasteiger partial charge in [-0.1, -0.05) is 41.9 Å². The van der Waals surface area contributed by atoms with Crippen LogP contribution in [-0.4, -0.2) is 36.6 Å². The molecule has 160 valence electrons. The van der Waals surface area contributed by atoms with Crippen molar-refractivity contribution in [2.45, 2.75) is 11.4 Å². The van der Waals surface area contributed by atoms with Gasteiger partial charge in [-0.2, -0.15) is 0 Å². The summed E-state index contributed by atoms with van der Waals surface area (Å²) in [6, 6.07) is 21.9. The van der Waals surface area contributed by atoms with Crippen LogP contribution in [0.5, 0.6) is 5.75 Å². The predicted octanol–water partition coefficient (Wildman–Crippen LogP) is 5.35. The molecule has 0 saturated carbocycles. The van der Waals surface area contributed by atoms with E-state index in [1.54, 1.807) is 49.4 Å². The van der Waals surface area contributed by atoms with Crippen LogP contribution >= 0.6 is 23.4 Å². The summed E-state index contributed by atoms with van der Waals surface area (Å²) in [5, 5.41) is 3.51. The van der Waals surface area contributed by atoms with Crippen molar-refractivity contribution in [2.24, 2.45) is 0 Å². The Balaban J connectivity index is 1.63. The summed E-state index contributed by atoms with van der Waals surface area (Å²) in [7, 11) is 3.34. The van der Waals surface area contributed by atoms with Gasteiger partial charge in [-0.25, -0.2) is 0 Å². The summed E-state index contributed by atoms with van der Waals surface area (Å²) in [6.07, 6.45) is 0. The van der Waals surface area contributed by atoms with E-state index in [0.717, 1.165) is 10.5 Å². The fourth-order valence-electron chi connectivity index (χ4n) is 2.95. The van der Waals surface area contributed by atoms with Crippen molar-refractivity contribution < 1.29 is 14.3 Å². The fourth-order valence-corrected chi connectivity index (χ4v) is 3.92. The van der Waals surface area contributed by atoms with Crippen molar-refractivity contribution in [1.29, 1.82) is 0 Å². The number of benzene rings is 3. The Hall–Kier alpha value is -2.96. The molecule has 1 N–H and O–H groups in total. The molecule has 0 bridgehead atoms. The average Bonchev–Trinajstić information content (AvgIpc) is 2.79. The van der Waals surface area contributed by atoms with Crippen LogP contribution in [0, 0.1) is 0 Å². The van der Waals surface area contributed by atoms with Gasteiger partial charge >= 0.3 is 0 Å². The van der Waals surface area contributed by atoms with E-state index in [0.29, 0.717) is 28.6 Å². The Kier molecular flexibility index (Phi) is 7.98. The highest BCUT2D eigenvalue weighted by atomic mass is 35.5. The maximum Gasteiger partial charge on any atom is 0.255 e. The van der Waals surface area contributed by atoms with Gasteiger partial charge in [-0.3, -0.25) is 9.59 Å². The second kappa shape index (κ2) is 10.9. The third-order valence-corrected chi connectivity index (χ3v) is 5.83. The molecule has 5 nitrogen and oxygen atoms in total. The van der Waals surface area contributed by atoms with Crippen molar-refractivity contribution in [2.75, 3.05) is 25.2 Å². The van der Waals surface area contributed by atoms with E-state index in [1.165, 1.54) is 11.8 Å². The Morgan fingerprint density at radius 2 is 1.77 bits per heavy atom. The Labute approximate surface area is 191 Å². The molecular formula is C24H23ClN2O3S. The van der Waals surface area contributed by atoms with Crippen LogP contribution < -0.4 is 10.1 Å². The summed E-state index contributed by atoms with van der Waals surface area (Å²) in [5.74, 6) is 0.592. The molecule has 7 heteroatoms. The molecular weight excluding hydrogens is 432 g/mol. The SMILES string of the molecule is COc1cccc(NC(=O)CSc2ccccc2C(=O)N(C)Cc2ccc(Cl)cc2)c1. The van der Waals surface area contributed by atoms with E-state index in [9.17, 15) is 9.59 Å². The lowest BCUT2D eigenvalue weighted by Gasteiger charge is -2.19. The molecule has 2 amide bonds. The summed E-state index contributed by atoms with van der Waals surface area (Å²) in [5.41, 5.74) is 2.22. The first-order valence-electron chi connectivity index (χ1n) is 9.62. The minimum Gasteiger partial charge on any atom is -0.497 e. The average molecular weight is 455 g/mol. The van der Waals surface area contributed by atoms with Crippen LogP contribution in [0.1, 0.15) is 15.9 Å². The lowest BCUT2D eigenvalue weighted by Crippen LogP contribution is -2.26. The van der Waals surface area contributed by atoms with Gasteiger partial charge in [-0.05, 0) is 42.0 Å². The molecule has 3 rings (SSSR count). The number of nitrogens with zero attached hydrogens (tertiary/aromatic N) is 1. The van der Waals surface area contributed by atoms with Gasteiger partial charge in [0.25, 0.3) is 5.91 Å². The fraction of sp³-hybridized carbons (Fsp3) is 0.167. The maximum absolute atomic E-state index is 13.0. The third kappa shape index (κ3) is 6.51. The van der Waals surface area contributed by atoms with Gasteiger partial charge in [0.2, 0.25) is 5.91 Å². The number of carbonyl (C=O) groups is 2. The number of halogens is 1. The zero-order valence-electron chi connectivity index (χ0n) is 17.3. The number of rotatable bonds is 8. The summed E-state index contributed by atoms with van der Waals surface area (Å²) < 4.78 is 5.17. The monoisotopic (exact) mass is 454 g/mol. The van der Waals surface area contributed by atoms with Gasteiger partial charge in [0, 0.05) is 35.3 Å². The summed E-state index contributed by atoms with van der Waals surface area (Å²) >= 11 is 7.26. The molecule has 3 aromatic rings. The lowest BCUT2D eigenvalue weighted by atomic mass is 10.1. The minimum absolute atomic E-state index is 0.105. The van der Waals surface area contributed by atoms with E-state index in [1.807, 2.05) is 42.5 Å². The summed E-state index contributed by atoms with van der Waals surface area (Å²) in [4.78, 5) is 27.8. The molecule has 0 aromatic heterocycles. The van der Waals surface area contributed by atoms with E-state index in [4.69, 9.17) is 16.3 Å². The molecule has 3 aromatic carbocycles. The van der Waals surface area contributed by atoms with Crippen molar-refractivity contribution in [3.05, 3.63) is 88.9 Å². The Morgan fingerprint density at radius 3 is 2.52 bits per heavy atom. The molecule has 0 atom stereocenters. The van der Waals surface area contributed by atoms with Crippen LogP contribution in [-0.2, 0) is 11.3 Å². The largest absolute Gasteiger partial charge is 0.497 e. The number of methoxy groups -OCH3 is 1. The quantitative estimate of drug-likeness (QED) is 0.466. The number of carbonyl (C=O) groups excluding carboxylic acids is 2. The number of thioether (sulfide) groups is 1. The first-order valence-corrected chi connectivity index (χ1v) is 11.0. The molecule has 0 fully saturated rings. The van der Waals surface area contributed by atoms with Crippen molar-refractivity contribution in [3.8, 4) is 5.75 Å². The van der Waals surface area contributed by atoms with Crippen LogP contribution in [0.3, 0.4) is 0 Å². The molecule has 0 heterocycles. The molecule has 0 radical (unpaired) electrons. The zero-order chi connectivity index (χ0) is 22.2. The van der Waals surface area contributed by atoms with E-state index in [-0.39, 0.29) is 17.6 Å². The third-order valence-electron chi connectivity index (χ3n) is 4.51. The number of hydrogen-bond donors (Lipinski definition) is 1. The molecule has 0 aliphatic carbocycles. The zero-order valence-corrected chi connectivity index (χ0v) is 18.9. The van der Waals surface area contributed by atoms with Gasteiger partial charge in [0.15, 0.2) is 0 Å². The second-order valence-electron chi connectivity index (χ2n) is 6.85. The molecule has 0 saturated heterocycles. The van der Waals surface area contributed by atoms with Crippen LogP contribution in [0.15, 0.2) is 77.7 Å². The van der Waals surface area contributed by atoms with Crippen LogP contribution in [0.2, 0.25) is 5.02 Å². The molecule has 0 aliphatic heterocycles. The number of nitrogens with one attached hydrogen (secondary N) is 1. The minimum atomic E-state index is -0.157. The molecule has 0 unspecified atom stereocenters. The smallest absolute Gasteiger partial charge is 0.255 e.